The van der Waals surface area contributed by atoms with Crippen LogP contribution in [0.3, 0.4) is 0 Å². The number of likely N-dealkylation sites (tertiary alicyclic amines) is 1. The third-order valence-electron chi connectivity index (χ3n) is 10.8. The summed E-state index contributed by atoms with van der Waals surface area (Å²) in [5, 5.41) is 21.2. The molecule has 3 fully saturated rings. The van der Waals surface area contributed by atoms with E-state index >= 15 is 0 Å². The van der Waals surface area contributed by atoms with Crippen molar-refractivity contribution in [2.75, 3.05) is 26.2 Å². The van der Waals surface area contributed by atoms with Crippen LogP contribution in [0.25, 0.3) is 0 Å². The summed E-state index contributed by atoms with van der Waals surface area (Å²) in [5.74, 6) is 3.35. The average Bonchev–Trinajstić information content (AvgIpc) is 3.24. The van der Waals surface area contributed by atoms with Crippen LogP contribution in [0.4, 0.5) is 0 Å². The molecule has 2 aromatic rings. The van der Waals surface area contributed by atoms with Crippen molar-refractivity contribution in [2.24, 2.45) is 17.3 Å². The Morgan fingerprint density at radius 1 is 0.947 bits per heavy atom. The molecular weight excluding hydrogens is 470 g/mol. The van der Waals surface area contributed by atoms with Crippen LogP contribution in [-0.4, -0.2) is 47.5 Å². The molecule has 1 saturated heterocycles. The molecule has 38 heavy (non-hydrogen) atoms. The fraction of sp³-hybridized carbons (Fsp3) is 0.647. The molecule has 4 heteroatoms. The molecule has 0 amide bonds. The number of nitrogens with zero attached hydrogens (tertiary/aromatic N) is 1. The molecule has 6 atom stereocenters. The maximum Gasteiger partial charge on any atom is 0.119 e. The van der Waals surface area contributed by atoms with E-state index in [0.29, 0.717) is 29.4 Å². The maximum absolute atomic E-state index is 11.1. The van der Waals surface area contributed by atoms with Crippen LogP contribution < -0.4 is 4.74 Å². The number of unbranched alkanes of at least 4 members (excludes halogenated alkanes) is 2. The molecule has 3 aliphatic carbocycles. The number of aromatic hydroxyl groups is 1. The Kier molecular flexibility index (Phi) is 7.73. The number of fused-ring (bicyclic) bond motifs is 5. The predicted octanol–water partition coefficient (Wildman–Crippen LogP) is 7.04. The maximum atomic E-state index is 11.1. The van der Waals surface area contributed by atoms with Crippen molar-refractivity contribution >= 4 is 0 Å². The van der Waals surface area contributed by atoms with Crippen molar-refractivity contribution in [1.82, 2.24) is 4.90 Å². The van der Waals surface area contributed by atoms with Crippen molar-refractivity contribution in [3.05, 3.63) is 59.2 Å². The van der Waals surface area contributed by atoms with E-state index in [1.54, 1.807) is 0 Å². The number of aliphatic hydroxyl groups excluding tert-OH is 1. The van der Waals surface area contributed by atoms with Crippen LogP contribution in [-0.2, 0) is 6.42 Å². The lowest BCUT2D eigenvalue weighted by molar-refractivity contribution is -0.0323. The Morgan fingerprint density at radius 2 is 1.76 bits per heavy atom. The highest BCUT2D eigenvalue weighted by atomic mass is 16.5. The van der Waals surface area contributed by atoms with Crippen molar-refractivity contribution in [3.63, 3.8) is 0 Å². The molecule has 2 N–H and O–H groups in total. The minimum atomic E-state index is -0.199. The molecule has 4 aliphatic rings. The molecular formula is C34H47NO3. The summed E-state index contributed by atoms with van der Waals surface area (Å²) < 4.78 is 6.14. The number of rotatable bonds is 8. The van der Waals surface area contributed by atoms with E-state index in [4.69, 9.17) is 4.74 Å². The van der Waals surface area contributed by atoms with Crippen LogP contribution in [0.15, 0.2) is 42.5 Å². The van der Waals surface area contributed by atoms with E-state index in [9.17, 15) is 10.2 Å². The van der Waals surface area contributed by atoms with Crippen LogP contribution in [0.5, 0.6) is 11.5 Å². The van der Waals surface area contributed by atoms with Gasteiger partial charge in [0.15, 0.2) is 0 Å². The van der Waals surface area contributed by atoms with Gasteiger partial charge in [-0.05, 0) is 154 Å². The second kappa shape index (κ2) is 11.2. The third-order valence-corrected chi connectivity index (χ3v) is 10.8. The molecule has 206 valence electrons. The Bertz CT molecular complexity index is 1080. The first-order chi connectivity index (χ1) is 18.5. The number of benzene rings is 2. The lowest BCUT2D eigenvalue weighted by Crippen LogP contribution is -2.47. The molecule has 6 rings (SSSR count). The third kappa shape index (κ3) is 5.11. The van der Waals surface area contributed by atoms with Crippen molar-refractivity contribution in [1.29, 1.82) is 0 Å². The quantitative estimate of drug-likeness (QED) is 0.369. The second-order valence-corrected chi connectivity index (χ2v) is 13.0. The zero-order valence-electron chi connectivity index (χ0n) is 23.3. The highest BCUT2D eigenvalue weighted by molar-refractivity contribution is 5.43. The standard InChI is InChI=1S/C34H47NO3/c1-34-23-30(24-8-12-27(13-9-24)38-21-7-3-6-20-35-18-4-2-5-19-35)33-28-15-11-26(36)22-25(28)10-14-29(33)31(34)16-17-32(34)37/h8-9,11-13,15,22,29-33,36-37H,2-7,10,14,16-21,23H2,1H3/t29-,30+,31-,32-,33+,34-/m0/s1. The van der Waals surface area contributed by atoms with Gasteiger partial charge in [0.25, 0.3) is 0 Å². The fourth-order valence-corrected chi connectivity index (χ4v) is 8.79. The molecule has 0 radical (unpaired) electrons. The Labute approximate surface area is 229 Å². The van der Waals surface area contributed by atoms with E-state index in [1.165, 1.54) is 68.4 Å². The Morgan fingerprint density at radius 3 is 2.58 bits per heavy atom. The largest absolute Gasteiger partial charge is 0.508 e. The second-order valence-electron chi connectivity index (χ2n) is 13.0. The number of hydrogen-bond acceptors (Lipinski definition) is 4. The summed E-state index contributed by atoms with van der Waals surface area (Å²) in [6.07, 6.45) is 12.9. The summed E-state index contributed by atoms with van der Waals surface area (Å²) in [4.78, 5) is 2.62. The molecule has 1 heterocycles. The normalized spacial score (nSPS) is 32.8. The van der Waals surface area contributed by atoms with Gasteiger partial charge in [-0.15, -0.1) is 0 Å². The van der Waals surface area contributed by atoms with Crippen molar-refractivity contribution in [3.8, 4) is 11.5 Å². The average molecular weight is 518 g/mol. The van der Waals surface area contributed by atoms with Crippen LogP contribution in [0, 0.1) is 17.3 Å². The summed E-state index contributed by atoms with van der Waals surface area (Å²) in [5.41, 5.74) is 4.11. The smallest absolute Gasteiger partial charge is 0.119 e. The summed E-state index contributed by atoms with van der Waals surface area (Å²) in [6.45, 7) is 6.97. The van der Waals surface area contributed by atoms with Gasteiger partial charge in [0.1, 0.15) is 11.5 Å². The predicted molar refractivity (Wildman–Crippen MR) is 153 cm³/mol. The van der Waals surface area contributed by atoms with Crippen molar-refractivity contribution < 1.29 is 14.9 Å². The number of piperidine rings is 1. The van der Waals surface area contributed by atoms with Crippen LogP contribution in [0.2, 0.25) is 0 Å². The zero-order chi connectivity index (χ0) is 26.1. The summed E-state index contributed by atoms with van der Waals surface area (Å²) in [7, 11) is 0. The summed E-state index contributed by atoms with van der Waals surface area (Å²) in [6, 6.07) is 14.9. The summed E-state index contributed by atoms with van der Waals surface area (Å²) >= 11 is 0. The molecule has 4 nitrogen and oxygen atoms in total. The van der Waals surface area contributed by atoms with Gasteiger partial charge < -0.3 is 19.8 Å². The van der Waals surface area contributed by atoms with E-state index in [-0.39, 0.29) is 11.5 Å². The van der Waals surface area contributed by atoms with E-state index < -0.39 is 0 Å². The topological polar surface area (TPSA) is 52.9 Å². The minimum absolute atomic E-state index is 0.0103. The van der Waals surface area contributed by atoms with Gasteiger partial charge in [-0.25, -0.2) is 0 Å². The number of phenolic OH excluding ortho intramolecular Hbond substituents is 1. The van der Waals surface area contributed by atoms with Gasteiger partial charge >= 0.3 is 0 Å². The van der Waals surface area contributed by atoms with E-state index in [1.807, 2.05) is 12.1 Å². The SMILES string of the molecule is C[C@]12C[C@H](c3ccc(OCCCCCN4CCCCC4)cc3)[C@@H]3c4ccc(O)cc4CC[C@H]3[C@@H]1CC[C@@H]2O. The van der Waals surface area contributed by atoms with Crippen LogP contribution >= 0.6 is 0 Å². The Balaban J connectivity index is 1.12. The first-order valence-corrected chi connectivity index (χ1v) is 15.5. The number of hydrogen-bond donors (Lipinski definition) is 2. The molecule has 2 saturated carbocycles. The van der Waals surface area contributed by atoms with Gasteiger partial charge in [-0.3, -0.25) is 0 Å². The van der Waals surface area contributed by atoms with Gasteiger partial charge in [0.2, 0.25) is 0 Å². The van der Waals surface area contributed by atoms with Gasteiger partial charge in [-0.1, -0.05) is 31.5 Å². The van der Waals surface area contributed by atoms with E-state index in [2.05, 4.69) is 42.2 Å². The molecule has 0 unspecified atom stereocenters. The monoisotopic (exact) mass is 517 g/mol. The van der Waals surface area contributed by atoms with Crippen molar-refractivity contribution in [2.45, 2.75) is 95.5 Å². The first kappa shape index (κ1) is 26.2. The molecule has 0 bridgehead atoms. The highest BCUT2D eigenvalue weighted by Crippen LogP contribution is 2.65. The lowest BCUT2D eigenvalue weighted by Gasteiger charge is -2.54. The number of ether oxygens (including phenoxy) is 1. The minimum Gasteiger partial charge on any atom is -0.508 e. The lowest BCUT2D eigenvalue weighted by atomic mass is 9.51. The Hall–Kier alpha value is -2.04. The fourth-order valence-electron chi connectivity index (χ4n) is 8.79. The molecule has 0 aromatic heterocycles. The number of aryl methyl sites for hydroxylation is 1. The molecule has 2 aromatic carbocycles. The van der Waals surface area contributed by atoms with E-state index in [0.717, 1.165) is 50.9 Å². The van der Waals surface area contributed by atoms with Gasteiger partial charge in [0.05, 0.1) is 12.7 Å². The van der Waals surface area contributed by atoms with Crippen LogP contribution in [0.1, 0.15) is 99.7 Å². The number of aliphatic hydroxyl groups is 1. The highest BCUT2D eigenvalue weighted by Gasteiger charge is 2.57. The van der Waals surface area contributed by atoms with Gasteiger partial charge in [0, 0.05) is 0 Å². The molecule has 1 aliphatic heterocycles. The molecule has 0 spiro atoms. The van der Waals surface area contributed by atoms with Gasteiger partial charge in [-0.2, -0.15) is 0 Å². The zero-order valence-corrected chi connectivity index (χ0v) is 23.3. The number of phenols is 1. The first-order valence-electron chi connectivity index (χ1n) is 15.5.